The third kappa shape index (κ3) is 4.97. The van der Waals surface area contributed by atoms with Gasteiger partial charge in [-0.3, -0.25) is 9.52 Å². The monoisotopic (exact) mass is 408 g/mol. The normalized spacial score (nSPS) is 19.2. The second-order valence-corrected chi connectivity index (χ2v) is 8.03. The number of hydrazine groups is 1. The Hall–Kier alpha value is -2.69. The number of carbonyl (C=O) groups excluding carboxylic acids is 1. The molecule has 2 atom stereocenters. The first-order chi connectivity index (χ1) is 13.4. The average molecular weight is 408 g/mol. The van der Waals surface area contributed by atoms with Gasteiger partial charge in [-0.1, -0.05) is 0 Å². The fourth-order valence-electron chi connectivity index (χ4n) is 2.69. The fourth-order valence-corrected chi connectivity index (χ4v) is 3.96. The molecule has 28 heavy (non-hydrogen) atoms. The number of amides is 1. The molecule has 1 aliphatic rings. The number of anilines is 2. The van der Waals surface area contributed by atoms with E-state index in [1.165, 1.54) is 24.3 Å². The molecule has 2 aromatic carbocycles. The van der Waals surface area contributed by atoms with Gasteiger partial charge in [0.05, 0.1) is 6.61 Å². The lowest BCUT2D eigenvalue weighted by Gasteiger charge is -2.14. The van der Waals surface area contributed by atoms with E-state index in [4.69, 9.17) is 4.74 Å². The van der Waals surface area contributed by atoms with E-state index in [-0.39, 0.29) is 6.42 Å². The summed E-state index contributed by atoms with van der Waals surface area (Å²) in [7, 11) is -3.78. The highest BCUT2D eigenvalue weighted by Crippen LogP contribution is 2.20. The molecule has 3 rings (SSSR count). The Bertz CT molecular complexity index is 920. The number of benzene rings is 2. The van der Waals surface area contributed by atoms with Crippen LogP contribution in [0.25, 0.3) is 0 Å². The van der Waals surface area contributed by atoms with Crippen molar-refractivity contribution >= 4 is 27.3 Å². The van der Waals surface area contributed by atoms with Crippen LogP contribution in [0.3, 0.4) is 0 Å². The van der Waals surface area contributed by atoms with E-state index in [9.17, 15) is 17.6 Å². The molecule has 0 spiro atoms. The van der Waals surface area contributed by atoms with Gasteiger partial charge in [0, 0.05) is 17.8 Å². The lowest BCUT2D eigenvalue weighted by molar-refractivity contribution is -0.117. The Morgan fingerprint density at radius 1 is 1.11 bits per heavy atom. The van der Waals surface area contributed by atoms with Gasteiger partial charge in [0.2, 0.25) is 15.9 Å². The van der Waals surface area contributed by atoms with Gasteiger partial charge in [0.15, 0.2) is 0 Å². The number of hydrogen-bond acceptors (Lipinski definition) is 6. The topological polar surface area (TPSA) is 109 Å². The number of ether oxygens (including phenoxy) is 1. The zero-order valence-corrected chi connectivity index (χ0v) is 15.9. The fraction of sp³-hybridized carbons (Fsp3) is 0.278. The molecule has 1 fully saturated rings. The van der Waals surface area contributed by atoms with Crippen LogP contribution in [0.2, 0.25) is 0 Å². The average Bonchev–Trinajstić information content (AvgIpc) is 3.17. The van der Waals surface area contributed by atoms with E-state index in [0.29, 0.717) is 23.7 Å². The molecule has 0 aromatic heterocycles. The molecule has 1 heterocycles. The molecule has 2 aromatic rings. The van der Waals surface area contributed by atoms with Crippen LogP contribution in [0.15, 0.2) is 48.5 Å². The van der Waals surface area contributed by atoms with Crippen LogP contribution in [0.5, 0.6) is 5.75 Å². The highest BCUT2D eigenvalue weighted by molar-refractivity contribution is 7.93. The molecule has 10 heteroatoms. The van der Waals surface area contributed by atoms with E-state index in [2.05, 4.69) is 20.9 Å². The van der Waals surface area contributed by atoms with Crippen molar-refractivity contribution in [2.24, 2.45) is 0 Å². The summed E-state index contributed by atoms with van der Waals surface area (Å²) in [5.41, 5.74) is 6.13. The summed E-state index contributed by atoms with van der Waals surface area (Å²) >= 11 is 0. The molecule has 4 N–H and O–H groups in total. The Morgan fingerprint density at radius 2 is 1.75 bits per heavy atom. The van der Waals surface area contributed by atoms with Crippen LogP contribution in [-0.2, 0) is 14.8 Å². The van der Waals surface area contributed by atoms with Crippen molar-refractivity contribution in [1.29, 1.82) is 0 Å². The van der Waals surface area contributed by atoms with Crippen molar-refractivity contribution in [1.82, 2.24) is 10.9 Å². The largest absolute Gasteiger partial charge is 0.494 e. The van der Waals surface area contributed by atoms with Gasteiger partial charge in [0.25, 0.3) is 0 Å². The van der Waals surface area contributed by atoms with E-state index in [1.54, 1.807) is 24.3 Å². The van der Waals surface area contributed by atoms with Crippen molar-refractivity contribution in [3.8, 4) is 5.75 Å². The minimum atomic E-state index is -3.78. The predicted octanol–water partition coefficient (Wildman–Crippen LogP) is 1.80. The minimum Gasteiger partial charge on any atom is -0.494 e. The van der Waals surface area contributed by atoms with Crippen molar-refractivity contribution in [2.45, 2.75) is 24.8 Å². The summed E-state index contributed by atoms with van der Waals surface area (Å²) in [6.07, 6.45) is 0.0272. The molecule has 0 aliphatic carbocycles. The maximum absolute atomic E-state index is 12.9. The van der Waals surface area contributed by atoms with E-state index in [1.807, 2.05) is 6.92 Å². The van der Waals surface area contributed by atoms with Crippen LogP contribution in [0, 0.1) is 5.82 Å². The summed E-state index contributed by atoms with van der Waals surface area (Å²) < 4.78 is 45.9. The van der Waals surface area contributed by atoms with Crippen molar-refractivity contribution in [3.63, 3.8) is 0 Å². The van der Waals surface area contributed by atoms with Gasteiger partial charge in [-0.2, -0.15) is 0 Å². The predicted molar refractivity (Wildman–Crippen MR) is 104 cm³/mol. The zero-order valence-electron chi connectivity index (χ0n) is 15.1. The summed E-state index contributed by atoms with van der Waals surface area (Å²) in [6.45, 7) is 2.38. The second kappa shape index (κ2) is 8.55. The number of rotatable bonds is 7. The summed E-state index contributed by atoms with van der Waals surface area (Å²) in [5, 5.41) is 1.62. The zero-order chi connectivity index (χ0) is 20.1. The lowest BCUT2D eigenvalue weighted by Crippen LogP contribution is -2.42. The number of halogens is 1. The van der Waals surface area contributed by atoms with Gasteiger partial charge in [0.1, 0.15) is 23.0 Å². The smallest absolute Gasteiger partial charge is 0.250 e. The van der Waals surface area contributed by atoms with Crippen molar-refractivity contribution in [3.05, 3.63) is 54.3 Å². The molecule has 0 saturated carbocycles. The van der Waals surface area contributed by atoms with Crippen LogP contribution in [-0.4, -0.2) is 32.3 Å². The van der Waals surface area contributed by atoms with Crippen LogP contribution >= 0.6 is 0 Å². The summed E-state index contributed by atoms with van der Waals surface area (Å²) in [5.74, 6) is -0.188. The standard InChI is InChI=1S/C18H21FN4O4S/c1-2-27-15-9-7-14(8-10-15)23-28(25,26)17-11-16(21-22-17)18(24)20-13-5-3-12(19)4-6-13/h3-10,16-17,21-23H,2,11H2,1H3,(H,20,24). The maximum Gasteiger partial charge on any atom is 0.250 e. The van der Waals surface area contributed by atoms with Gasteiger partial charge in [-0.25, -0.2) is 23.7 Å². The molecular formula is C18H21FN4O4S. The van der Waals surface area contributed by atoms with Crippen molar-refractivity contribution in [2.75, 3.05) is 16.6 Å². The molecular weight excluding hydrogens is 387 g/mol. The van der Waals surface area contributed by atoms with Gasteiger partial charge in [-0.15, -0.1) is 0 Å². The third-order valence-corrected chi connectivity index (χ3v) is 5.68. The second-order valence-electron chi connectivity index (χ2n) is 6.17. The SMILES string of the molecule is CCOc1ccc(NS(=O)(=O)C2CC(C(=O)Nc3ccc(F)cc3)NN2)cc1. The molecule has 1 aliphatic heterocycles. The van der Waals surface area contributed by atoms with E-state index < -0.39 is 33.2 Å². The Kier molecular flexibility index (Phi) is 6.12. The number of hydrogen-bond donors (Lipinski definition) is 4. The molecule has 2 unspecified atom stereocenters. The lowest BCUT2D eigenvalue weighted by atomic mass is 10.2. The van der Waals surface area contributed by atoms with Gasteiger partial charge >= 0.3 is 0 Å². The van der Waals surface area contributed by atoms with Crippen LogP contribution in [0.4, 0.5) is 15.8 Å². The summed E-state index contributed by atoms with van der Waals surface area (Å²) in [4.78, 5) is 12.3. The Balaban J connectivity index is 1.58. The molecule has 0 bridgehead atoms. The Labute approximate surface area is 162 Å². The maximum atomic E-state index is 12.9. The highest BCUT2D eigenvalue weighted by Gasteiger charge is 2.37. The number of carbonyl (C=O) groups is 1. The molecule has 1 amide bonds. The van der Waals surface area contributed by atoms with Crippen LogP contribution < -0.4 is 25.6 Å². The molecule has 8 nitrogen and oxygen atoms in total. The number of sulfonamides is 1. The van der Waals surface area contributed by atoms with Gasteiger partial charge < -0.3 is 10.1 Å². The first-order valence-corrected chi connectivity index (χ1v) is 10.2. The van der Waals surface area contributed by atoms with Crippen LogP contribution in [0.1, 0.15) is 13.3 Å². The molecule has 1 saturated heterocycles. The quantitative estimate of drug-likeness (QED) is 0.556. The minimum absolute atomic E-state index is 0.0272. The molecule has 0 radical (unpaired) electrons. The first-order valence-electron chi connectivity index (χ1n) is 8.69. The first kappa shape index (κ1) is 20.1. The van der Waals surface area contributed by atoms with E-state index >= 15 is 0 Å². The molecule has 150 valence electrons. The third-order valence-electron chi connectivity index (χ3n) is 4.10. The van der Waals surface area contributed by atoms with Gasteiger partial charge in [-0.05, 0) is 55.5 Å². The summed E-state index contributed by atoms with van der Waals surface area (Å²) in [6, 6.07) is 11.1. The van der Waals surface area contributed by atoms with E-state index in [0.717, 1.165) is 0 Å². The van der Waals surface area contributed by atoms with Crippen molar-refractivity contribution < 1.29 is 22.3 Å². The highest BCUT2D eigenvalue weighted by atomic mass is 32.2. The Morgan fingerprint density at radius 3 is 2.39 bits per heavy atom. The number of nitrogens with one attached hydrogen (secondary N) is 4.